The maximum absolute atomic E-state index is 12.8. The Morgan fingerprint density at radius 2 is 1.48 bits per heavy atom. The van der Waals surface area contributed by atoms with Crippen molar-refractivity contribution in [3.63, 3.8) is 0 Å². The Bertz CT molecular complexity index is 1100. The normalized spacial score (nSPS) is 12.9. The molecule has 0 bridgehead atoms. The quantitative estimate of drug-likeness (QED) is 0.276. The molecular weight excluding hydrogens is 483 g/mol. The summed E-state index contributed by atoms with van der Waals surface area (Å²) in [5.41, 5.74) is 1.11. The van der Waals surface area contributed by atoms with Crippen LogP contribution >= 0.6 is 34.8 Å². The minimum absolute atomic E-state index is 0.0658. The highest BCUT2D eigenvalue weighted by Crippen LogP contribution is 2.48. The van der Waals surface area contributed by atoms with E-state index in [-0.39, 0.29) is 22.8 Å². The predicted octanol–water partition coefficient (Wildman–Crippen LogP) is 6.09. The van der Waals surface area contributed by atoms with Gasteiger partial charge in [-0.2, -0.15) is 8.42 Å². The summed E-state index contributed by atoms with van der Waals surface area (Å²) < 4.78 is 40.3. The van der Waals surface area contributed by atoms with E-state index in [0.29, 0.717) is 5.75 Å². The maximum atomic E-state index is 12.8. The molecule has 0 aliphatic carbocycles. The molecule has 0 aliphatic heterocycles. The van der Waals surface area contributed by atoms with E-state index < -0.39 is 20.0 Å². The summed E-state index contributed by atoms with van der Waals surface area (Å²) in [7, 11) is -2.79. The zero-order valence-electron chi connectivity index (χ0n) is 16.4. The topological polar surface area (TPSA) is 61.8 Å². The van der Waals surface area contributed by atoms with E-state index in [2.05, 4.69) is 0 Å². The first-order valence-electron chi connectivity index (χ1n) is 9.11. The molecule has 0 aromatic heterocycles. The monoisotopic (exact) mass is 500 g/mol. The highest BCUT2D eigenvalue weighted by Gasteiger charge is 2.41. The first kappa shape index (κ1) is 23.7. The first-order valence-corrected chi connectivity index (χ1v) is 11.7. The van der Waals surface area contributed by atoms with Crippen LogP contribution in [0.15, 0.2) is 83.8 Å². The lowest BCUT2D eigenvalue weighted by molar-refractivity contribution is 0.204. The summed E-state index contributed by atoms with van der Waals surface area (Å²) in [6, 6.07) is 21.9. The van der Waals surface area contributed by atoms with Crippen LogP contribution in [-0.4, -0.2) is 19.3 Å². The number of halogens is 3. The standard InChI is InChI=1S/C22H19Cl3O5S/c1-28-19-14-8-13-18(20(19)29-15-16-9-4-2-5-10-16)21(22(23,24)25)30-31(26,27)17-11-6-3-7-12-17/h2-14,21H,15H2,1H3/t21-/m1/s1. The Kier molecular flexibility index (Phi) is 7.73. The lowest BCUT2D eigenvalue weighted by Gasteiger charge is -2.27. The van der Waals surface area contributed by atoms with Crippen molar-refractivity contribution in [2.75, 3.05) is 7.11 Å². The first-order chi connectivity index (χ1) is 14.7. The lowest BCUT2D eigenvalue weighted by atomic mass is 10.1. The van der Waals surface area contributed by atoms with Crippen molar-refractivity contribution >= 4 is 44.9 Å². The van der Waals surface area contributed by atoms with Gasteiger partial charge in [-0.25, -0.2) is 0 Å². The predicted molar refractivity (Wildman–Crippen MR) is 122 cm³/mol. The second-order valence-electron chi connectivity index (χ2n) is 6.44. The molecule has 0 unspecified atom stereocenters. The van der Waals surface area contributed by atoms with Crippen LogP contribution in [0.2, 0.25) is 0 Å². The van der Waals surface area contributed by atoms with E-state index in [4.69, 9.17) is 48.5 Å². The molecule has 0 fully saturated rings. The van der Waals surface area contributed by atoms with E-state index in [9.17, 15) is 8.42 Å². The molecule has 164 valence electrons. The third-order valence-electron chi connectivity index (χ3n) is 4.29. The molecule has 0 saturated carbocycles. The number of rotatable bonds is 8. The average molecular weight is 502 g/mol. The summed E-state index contributed by atoms with van der Waals surface area (Å²) in [5, 5.41) is 0. The lowest BCUT2D eigenvalue weighted by Crippen LogP contribution is -2.24. The number of para-hydroxylation sites is 1. The van der Waals surface area contributed by atoms with Crippen LogP contribution in [0.4, 0.5) is 0 Å². The Hall–Kier alpha value is -1.96. The zero-order valence-corrected chi connectivity index (χ0v) is 19.5. The molecule has 5 nitrogen and oxygen atoms in total. The van der Waals surface area contributed by atoms with Crippen LogP contribution < -0.4 is 9.47 Å². The van der Waals surface area contributed by atoms with Gasteiger partial charge < -0.3 is 9.47 Å². The van der Waals surface area contributed by atoms with Crippen molar-refractivity contribution in [1.29, 1.82) is 0 Å². The Morgan fingerprint density at radius 1 is 0.871 bits per heavy atom. The SMILES string of the molecule is COc1cccc([C@@H](OS(=O)(=O)c2ccccc2)C(Cl)(Cl)Cl)c1OCc1ccccc1. The second kappa shape index (κ2) is 10.1. The molecule has 0 radical (unpaired) electrons. The molecule has 1 atom stereocenters. The van der Waals surface area contributed by atoms with Gasteiger partial charge in [-0.3, -0.25) is 4.18 Å². The number of alkyl halides is 3. The van der Waals surface area contributed by atoms with Gasteiger partial charge in [0.05, 0.1) is 12.0 Å². The fraction of sp³-hybridized carbons (Fsp3) is 0.182. The van der Waals surface area contributed by atoms with Gasteiger partial charge in [-0.1, -0.05) is 95.5 Å². The van der Waals surface area contributed by atoms with E-state index in [1.165, 1.54) is 19.2 Å². The Labute approximate surface area is 196 Å². The van der Waals surface area contributed by atoms with Gasteiger partial charge in [-0.15, -0.1) is 0 Å². The molecule has 3 aromatic rings. The third kappa shape index (κ3) is 6.05. The fourth-order valence-electron chi connectivity index (χ4n) is 2.84. The van der Waals surface area contributed by atoms with Crippen molar-refractivity contribution in [1.82, 2.24) is 0 Å². The summed E-state index contributed by atoms with van der Waals surface area (Å²) in [6.07, 6.45) is -1.50. The molecule has 3 aromatic carbocycles. The summed E-state index contributed by atoms with van der Waals surface area (Å²) in [6.45, 7) is 0.187. The fourth-order valence-corrected chi connectivity index (χ4v) is 4.58. The van der Waals surface area contributed by atoms with Gasteiger partial charge in [0.2, 0.25) is 3.79 Å². The van der Waals surface area contributed by atoms with E-state index in [1.807, 2.05) is 30.3 Å². The highest BCUT2D eigenvalue weighted by molar-refractivity contribution is 7.86. The van der Waals surface area contributed by atoms with Crippen molar-refractivity contribution in [2.24, 2.45) is 0 Å². The van der Waals surface area contributed by atoms with Gasteiger partial charge in [0.15, 0.2) is 17.6 Å². The average Bonchev–Trinajstić information content (AvgIpc) is 2.76. The van der Waals surface area contributed by atoms with Crippen LogP contribution in [-0.2, 0) is 20.9 Å². The van der Waals surface area contributed by atoms with Gasteiger partial charge in [0.25, 0.3) is 10.1 Å². The number of methoxy groups -OCH3 is 1. The van der Waals surface area contributed by atoms with Crippen LogP contribution in [0.1, 0.15) is 17.2 Å². The van der Waals surface area contributed by atoms with Crippen molar-refractivity contribution < 1.29 is 22.1 Å². The van der Waals surface area contributed by atoms with E-state index >= 15 is 0 Å². The third-order valence-corrected chi connectivity index (χ3v) is 6.18. The summed E-state index contributed by atoms with van der Waals surface area (Å²) in [4.78, 5) is -0.0658. The molecule has 0 heterocycles. The van der Waals surface area contributed by atoms with Crippen LogP contribution in [0.25, 0.3) is 0 Å². The van der Waals surface area contributed by atoms with Crippen molar-refractivity contribution in [3.05, 3.63) is 90.0 Å². The molecule has 0 aliphatic rings. The van der Waals surface area contributed by atoms with Gasteiger partial charge >= 0.3 is 0 Å². The largest absolute Gasteiger partial charge is 0.493 e. The molecular formula is C22H19Cl3O5S. The Balaban J connectivity index is 2.01. The number of ether oxygens (including phenoxy) is 2. The second-order valence-corrected chi connectivity index (χ2v) is 10.4. The number of hydrogen-bond acceptors (Lipinski definition) is 5. The van der Waals surface area contributed by atoms with Gasteiger partial charge in [0, 0.05) is 5.56 Å². The van der Waals surface area contributed by atoms with Crippen molar-refractivity contribution in [3.8, 4) is 11.5 Å². The number of benzene rings is 3. The minimum Gasteiger partial charge on any atom is -0.493 e. The van der Waals surface area contributed by atoms with Crippen LogP contribution in [0.3, 0.4) is 0 Å². The molecule has 0 amide bonds. The highest BCUT2D eigenvalue weighted by atomic mass is 35.6. The molecule has 31 heavy (non-hydrogen) atoms. The van der Waals surface area contributed by atoms with E-state index in [1.54, 1.807) is 36.4 Å². The summed E-state index contributed by atoms with van der Waals surface area (Å²) in [5.74, 6) is 0.557. The van der Waals surface area contributed by atoms with Crippen LogP contribution in [0, 0.1) is 0 Å². The molecule has 3 rings (SSSR count). The molecule has 0 spiro atoms. The van der Waals surface area contributed by atoms with Crippen LogP contribution in [0.5, 0.6) is 11.5 Å². The Morgan fingerprint density at radius 3 is 2.06 bits per heavy atom. The zero-order chi connectivity index (χ0) is 22.5. The summed E-state index contributed by atoms with van der Waals surface area (Å²) >= 11 is 18.5. The smallest absolute Gasteiger partial charge is 0.297 e. The minimum atomic E-state index is -4.24. The molecule has 0 saturated heterocycles. The molecule has 0 N–H and O–H groups in total. The molecule has 9 heteroatoms. The number of hydrogen-bond donors (Lipinski definition) is 0. The van der Waals surface area contributed by atoms with Crippen molar-refractivity contribution in [2.45, 2.75) is 21.4 Å². The van der Waals surface area contributed by atoms with Gasteiger partial charge in [-0.05, 0) is 23.8 Å². The maximum Gasteiger partial charge on any atom is 0.297 e. The van der Waals surface area contributed by atoms with Gasteiger partial charge in [0.1, 0.15) is 6.61 Å². The van der Waals surface area contributed by atoms with E-state index in [0.717, 1.165) is 5.56 Å².